The van der Waals surface area contributed by atoms with E-state index in [1.807, 2.05) is 0 Å². The molecule has 0 aromatic heterocycles. The van der Waals surface area contributed by atoms with Crippen molar-refractivity contribution in [1.82, 2.24) is 0 Å². The average molecular weight is 834 g/mol. The number of nitrogens with zero attached hydrogens (tertiary/aromatic N) is 8. The van der Waals surface area contributed by atoms with E-state index >= 15 is 0 Å². The van der Waals surface area contributed by atoms with Crippen LogP contribution < -0.4 is 24.8 Å². The van der Waals surface area contributed by atoms with Crippen LogP contribution in [-0.2, 0) is 0 Å². The Morgan fingerprint density at radius 3 is 0.853 bits per heavy atom. The van der Waals surface area contributed by atoms with Crippen LogP contribution in [0.15, 0.2) is 28.6 Å². The Labute approximate surface area is 292 Å². The summed E-state index contributed by atoms with van der Waals surface area (Å²) in [5.41, 5.74) is 0. The first kappa shape index (κ1) is 48.8. The maximum atomic E-state index is 4.32. The van der Waals surface area contributed by atoms with Crippen molar-refractivity contribution in [3.63, 3.8) is 0 Å². The molecule has 8 nitrogen and oxygen atoms in total. The van der Waals surface area contributed by atoms with Gasteiger partial charge in [0, 0.05) is 96.2 Å². The van der Waals surface area contributed by atoms with Crippen molar-refractivity contribution in [1.29, 1.82) is 0 Å². The van der Waals surface area contributed by atoms with E-state index in [-0.39, 0.29) is 108 Å². The molecule has 0 unspecified atom stereocenters. The van der Waals surface area contributed by atoms with E-state index in [4.69, 9.17) is 0 Å². The molecule has 0 aliphatic carbocycles. The van der Waals surface area contributed by atoms with Crippen molar-refractivity contribution in [2.75, 3.05) is 0 Å². The van der Waals surface area contributed by atoms with Crippen LogP contribution in [0, 0.1) is 83.5 Å². The molecule has 0 aromatic carbocycles. The number of hydrogen-bond acceptors (Lipinski definition) is 4. The Hall–Kier alpha value is 1.82. The Bertz CT molecular complexity index is 594. The summed E-state index contributed by atoms with van der Waals surface area (Å²) in [4.78, 5) is 7.90. The van der Waals surface area contributed by atoms with Crippen molar-refractivity contribution in [3.05, 3.63) is 10.6 Å². The molecule has 16 heteroatoms. The van der Waals surface area contributed by atoms with Gasteiger partial charge in [-0.15, -0.1) is 0 Å². The minimum absolute atomic E-state index is 0. The van der Waals surface area contributed by atoms with Gasteiger partial charge in [-0.2, -0.15) is 0 Å². The average Bonchev–Trinajstić information content (AvgIpc) is 2.49. The van der Waals surface area contributed by atoms with Crippen LogP contribution in [0.25, 0.3) is 10.6 Å². The van der Waals surface area contributed by atoms with Gasteiger partial charge in [0.2, 0.25) is 0 Å². The fraction of sp³-hybridized carbons (Fsp3) is 0.667. The molecule has 0 fully saturated rings. The normalized spacial score (nSPS) is 12.8. The van der Waals surface area contributed by atoms with Crippen molar-refractivity contribution < 1.29 is 108 Å². The van der Waals surface area contributed by atoms with Gasteiger partial charge in [-0.25, -0.2) is 0 Å². The molecule has 0 spiro atoms. The van der Waals surface area contributed by atoms with Gasteiger partial charge in [-0.1, -0.05) is 39.3 Å². The van der Waals surface area contributed by atoms with Crippen LogP contribution in [0.3, 0.4) is 0 Å². The maximum Gasteiger partial charge on any atom is 0.172 e. The monoisotopic (exact) mass is 832 g/mol. The van der Waals surface area contributed by atoms with Crippen molar-refractivity contribution >= 4 is 71.0 Å². The van der Waals surface area contributed by atoms with Gasteiger partial charge >= 0.3 is 0 Å². The summed E-state index contributed by atoms with van der Waals surface area (Å²) in [6, 6.07) is 0. The van der Waals surface area contributed by atoms with Crippen LogP contribution in [0.2, 0.25) is 78.6 Å². The molecule has 0 radical (unpaired) electrons. The first-order valence-electron chi connectivity index (χ1n) is 9.99. The minimum atomic E-state index is -1.37. The van der Waals surface area contributed by atoms with E-state index in [0.29, 0.717) is 0 Å². The van der Waals surface area contributed by atoms with Gasteiger partial charge in [0.25, 0.3) is 0 Å². The van der Waals surface area contributed by atoms with Gasteiger partial charge in [0.15, 0.2) is 16.5 Å². The smallest absolute Gasteiger partial charge is 0.172 e. The molecular weight excluding hydrogens is 792 g/mol. The van der Waals surface area contributed by atoms with Crippen LogP contribution in [0.5, 0.6) is 0 Å². The Kier molecular flexibility index (Phi) is 36.1. The van der Waals surface area contributed by atoms with Crippen LogP contribution in [0.4, 0.5) is 0 Å². The molecule has 0 atom stereocenters. The standard InChI is InChI=1S/2C9H21N4Si2.2Ce.2ClH/c2*1-14(2,3)12-8-10-7-11-9-13-15(4,5)6;;;;/h2*7-9H,1-6H3;;;2*1H/q2*-1;;;;/p-2. The Morgan fingerprint density at radius 1 is 0.412 bits per heavy atom. The molecular formula is C18H42Ce2Cl2N8Si4-4. The van der Waals surface area contributed by atoms with E-state index in [1.54, 1.807) is 25.4 Å². The van der Waals surface area contributed by atoms with Gasteiger partial charge in [0.1, 0.15) is 0 Å². The van der Waals surface area contributed by atoms with Crippen LogP contribution in [0.1, 0.15) is 0 Å². The topological polar surface area (TPSA) is 102 Å². The molecule has 0 N–H and O–H groups in total. The number of hydrogen-bond donors (Lipinski definition) is 0. The van der Waals surface area contributed by atoms with Crippen molar-refractivity contribution in [2.24, 2.45) is 28.6 Å². The molecule has 196 valence electrons. The second-order valence-corrected chi connectivity index (χ2v) is 28.9. The summed E-state index contributed by atoms with van der Waals surface area (Å²) in [5.74, 6) is 0. The van der Waals surface area contributed by atoms with Gasteiger partial charge in [0.05, 0.1) is 16.5 Å². The van der Waals surface area contributed by atoms with Crippen LogP contribution >= 0.6 is 0 Å². The minimum Gasteiger partial charge on any atom is -1.00 e. The number of aliphatic imine (C=N–C) groups is 2. The third-order valence-electron chi connectivity index (χ3n) is 2.31. The Morgan fingerprint density at radius 2 is 0.647 bits per heavy atom. The molecule has 0 saturated heterocycles. The van der Waals surface area contributed by atoms with Crippen molar-refractivity contribution in [3.8, 4) is 0 Å². The van der Waals surface area contributed by atoms with Gasteiger partial charge < -0.3 is 64.1 Å². The largest absolute Gasteiger partial charge is 1.00 e. The predicted octanol–water partition coefficient (Wildman–Crippen LogP) is 0.238. The van der Waals surface area contributed by atoms with E-state index in [9.17, 15) is 0 Å². The molecule has 0 saturated carbocycles. The number of rotatable bonds is 10. The molecule has 0 heterocycles. The van der Waals surface area contributed by atoms with E-state index < -0.39 is 32.9 Å². The van der Waals surface area contributed by atoms with Crippen molar-refractivity contribution in [2.45, 2.75) is 78.6 Å². The molecule has 34 heavy (non-hydrogen) atoms. The first-order chi connectivity index (χ1) is 13.4. The third kappa shape index (κ3) is 54.6. The SMILES string of the molecule is C[Si](C)(C)/N=C/N=C[N-]/C=N/[Si](C)(C)C.C[Si](C)(C)/N=C/N=C[N-]/C=N/[Si](C)(C)C.[Ce].[Ce].[Cl-].[Cl-]. The summed E-state index contributed by atoms with van der Waals surface area (Å²) >= 11 is 0. The summed E-state index contributed by atoms with van der Waals surface area (Å²) in [7, 11) is -5.47. The van der Waals surface area contributed by atoms with E-state index in [0.717, 1.165) is 0 Å². The molecule has 0 aliphatic rings. The fourth-order valence-corrected chi connectivity index (χ4v) is 2.67. The second-order valence-electron chi connectivity index (χ2n) is 10.5. The van der Waals surface area contributed by atoms with E-state index in [2.05, 4.69) is 118 Å². The second kappa shape index (κ2) is 25.1. The summed E-state index contributed by atoms with van der Waals surface area (Å²) in [6.07, 6.45) is 9.28. The van der Waals surface area contributed by atoms with E-state index in [1.165, 1.54) is 12.7 Å². The molecule has 0 rings (SSSR count). The molecule has 0 amide bonds. The fourth-order valence-electron chi connectivity index (χ4n) is 1.02. The number of halogens is 2. The zero-order valence-corrected chi connectivity index (χ0v) is 34.6. The predicted molar refractivity (Wildman–Crippen MR) is 151 cm³/mol. The summed E-state index contributed by atoms with van der Waals surface area (Å²) in [5, 5.41) is 7.90. The Balaban J connectivity index is -0.000000103. The third-order valence-corrected chi connectivity index (χ3v) is 5.87. The molecule has 0 aliphatic heterocycles. The maximum absolute atomic E-state index is 4.32. The quantitative estimate of drug-likeness (QED) is 0.171. The molecule has 0 aromatic rings. The van der Waals surface area contributed by atoms with Gasteiger partial charge in [-0.3, -0.25) is 0 Å². The summed E-state index contributed by atoms with van der Waals surface area (Å²) < 4.78 is 17.3. The summed E-state index contributed by atoms with van der Waals surface area (Å²) in [6.45, 7) is 25.9. The van der Waals surface area contributed by atoms with Crippen LogP contribution in [-0.4, -0.2) is 71.0 Å². The first-order valence-corrected chi connectivity index (χ1v) is 23.8. The zero-order chi connectivity index (χ0) is 23.9. The van der Waals surface area contributed by atoms with Gasteiger partial charge in [-0.05, 0) is 64.6 Å². The molecule has 0 bridgehead atoms. The zero-order valence-electron chi connectivity index (χ0n) is 22.8.